The summed E-state index contributed by atoms with van der Waals surface area (Å²) < 4.78 is 2.40. The number of benzene rings is 1. The molecule has 1 unspecified atom stereocenters. The second kappa shape index (κ2) is 7.95. The molecule has 29 heavy (non-hydrogen) atoms. The van der Waals surface area contributed by atoms with Crippen molar-refractivity contribution in [3.05, 3.63) is 47.4 Å². The molecule has 6 nitrogen and oxygen atoms in total. The van der Waals surface area contributed by atoms with Gasteiger partial charge in [-0.1, -0.05) is 24.9 Å². The van der Waals surface area contributed by atoms with E-state index >= 15 is 0 Å². The fourth-order valence-electron chi connectivity index (χ4n) is 4.03. The molecule has 1 atom stereocenters. The molecular formula is C22H30N6S. The van der Waals surface area contributed by atoms with E-state index < -0.39 is 0 Å². The summed E-state index contributed by atoms with van der Waals surface area (Å²) in [4.78, 5) is 11.2. The first-order chi connectivity index (χ1) is 13.9. The minimum Gasteiger partial charge on any atom is -0.398 e. The van der Waals surface area contributed by atoms with Crippen LogP contribution in [0.3, 0.4) is 0 Å². The van der Waals surface area contributed by atoms with Crippen LogP contribution in [0, 0.1) is 10.8 Å². The van der Waals surface area contributed by atoms with Crippen LogP contribution in [0.4, 0.5) is 11.5 Å². The number of rotatable bonds is 6. The summed E-state index contributed by atoms with van der Waals surface area (Å²) in [6.45, 7) is 7.39. The first kappa shape index (κ1) is 20.2. The van der Waals surface area contributed by atoms with E-state index in [2.05, 4.69) is 51.4 Å². The van der Waals surface area contributed by atoms with Gasteiger partial charge in [-0.25, -0.2) is 14.3 Å². The summed E-state index contributed by atoms with van der Waals surface area (Å²) in [5.74, 6) is 0.882. The highest BCUT2D eigenvalue weighted by atomic mass is 32.2. The zero-order chi connectivity index (χ0) is 20.6. The van der Waals surface area contributed by atoms with Crippen molar-refractivity contribution in [3.63, 3.8) is 0 Å². The minimum absolute atomic E-state index is 0.366. The number of nitrogens with two attached hydrogens (primary N) is 1. The number of hydrogen-bond acceptors (Lipinski definition) is 7. The smallest absolute Gasteiger partial charge is 0.132 e. The van der Waals surface area contributed by atoms with Gasteiger partial charge in [0.1, 0.15) is 12.1 Å². The molecule has 4 rings (SSSR count). The summed E-state index contributed by atoms with van der Waals surface area (Å²) >= 11 is 1.79. The van der Waals surface area contributed by atoms with E-state index in [1.807, 2.05) is 12.1 Å². The summed E-state index contributed by atoms with van der Waals surface area (Å²) in [5.41, 5.74) is 10.3. The molecule has 1 aromatic heterocycles. The minimum atomic E-state index is 0.366. The van der Waals surface area contributed by atoms with Crippen LogP contribution >= 0.6 is 11.9 Å². The zero-order valence-corrected chi connectivity index (χ0v) is 18.3. The molecule has 1 aliphatic carbocycles. The van der Waals surface area contributed by atoms with Gasteiger partial charge in [0.2, 0.25) is 0 Å². The van der Waals surface area contributed by atoms with Crippen LogP contribution in [0.2, 0.25) is 0 Å². The molecule has 1 aliphatic heterocycles. The van der Waals surface area contributed by atoms with Crippen LogP contribution in [0.1, 0.15) is 43.5 Å². The summed E-state index contributed by atoms with van der Waals surface area (Å²) in [7, 11) is 0. The molecule has 2 heterocycles. The highest BCUT2D eigenvalue weighted by Gasteiger charge is 2.37. The molecule has 154 valence electrons. The number of hydrogen-bond donors (Lipinski definition) is 2. The van der Waals surface area contributed by atoms with E-state index in [9.17, 15) is 0 Å². The number of nitrogens with one attached hydrogen (secondary N) is 1. The third-order valence-electron chi connectivity index (χ3n) is 6.16. The second-order valence-electron chi connectivity index (χ2n) is 8.66. The predicted octanol–water partition coefficient (Wildman–Crippen LogP) is 3.61. The lowest BCUT2D eigenvalue weighted by Crippen LogP contribution is -2.49. The average Bonchev–Trinajstić information content (AvgIpc) is 3.45. The lowest BCUT2D eigenvalue weighted by Gasteiger charge is -2.39. The van der Waals surface area contributed by atoms with Gasteiger partial charge < -0.3 is 10.6 Å². The van der Waals surface area contributed by atoms with Crippen molar-refractivity contribution >= 4 is 29.2 Å². The molecule has 0 spiro atoms. The molecule has 2 fully saturated rings. The first-order valence-corrected chi connectivity index (χ1v) is 11.4. The molecule has 0 amide bonds. The Hall–Kier alpha value is -2.12. The Morgan fingerprint density at radius 1 is 1.28 bits per heavy atom. The Kier molecular flexibility index (Phi) is 5.53. The maximum atomic E-state index is 8.77. The molecule has 1 saturated carbocycles. The number of aromatic nitrogens is 2. The Morgan fingerprint density at radius 3 is 2.76 bits per heavy atom. The third kappa shape index (κ3) is 4.41. The van der Waals surface area contributed by atoms with Gasteiger partial charge in [-0.05, 0) is 55.6 Å². The van der Waals surface area contributed by atoms with Crippen molar-refractivity contribution in [2.45, 2.75) is 39.2 Å². The van der Waals surface area contributed by atoms with Crippen LogP contribution in [0.15, 0.2) is 30.6 Å². The largest absolute Gasteiger partial charge is 0.398 e. The molecule has 3 N–H and O–H groups in total. The maximum Gasteiger partial charge on any atom is 0.132 e. The van der Waals surface area contributed by atoms with Crippen LogP contribution in [0.25, 0.3) is 0 Å². The number of piperazine rings is 1. The van der Waals surface area contributed by atoms with Gasteiger partial charge in [-0.3, -0.25) is 5.41 Å². The normalized spacial score (nSPS) is 21.2. The summed E-state index contributed by atoms with van der Waals surface area (Å²) in [5, 5.41) is 8.77. The Bertz CT molecular complexity index is 910. The van der Waals surface area contributed by atoms with Crippen molar-refractivity contribution < 1.29 is 0 Å². The highest BCUT2D eigenvalue weighted by Crippen LogP contribution is 2.47. The quantitative estimate of drug-likeness (QED) is 0.430. The molecule has 2 aromatic rings. The highest BCUT2D eigenvalue weighted by molar-refractivity contribution is 7.96. The van der Waals surface area contributed by atoms with E-state index in [1.54, 1.807) is 18.3 Å². The number of anilines is 2. The number of nitrogen functional groups attached to an aromatic ring is 1. The monoisotopic (exact) mass is 410 g/mol. The first-order valence-electron chi connectivity index (χ1n) is 10.2. The predicted molar refractivity (Wildman–Crippen MR) is 122 cm³/mol. The molecule has 1 saturated heterocycles. The SMILES string of the molecule is CSN1CCN(c2cc(C(=N)c3cc(CC4(C)CC4)ccc3N)ncn2)CC1C. The molecule has 0 bridgehead atoms. The standard InChI is InChI=1S/C22H30N6S/c1-15-13-27(8-9-28(15)29-3)20-11-19(25-14-26-20)21(24)17-10-16(4-5-18(17)23)12-22(2)6-7-22/h4-5,10-11,14-15,24H,6-9,12-13,23H2,1-3H3. The second-order valence-corrected chi connectivity index (χ2v) is 9.50. The van der Waals surface area contributed by atoms with Crippen molar-refractivity contribution in [2.24, 2.45) is 5.41 Å². The van der Waals surface area contributed by atoms with Gasteiger partial charge in [0.25, 0.3) is 0 Å². The van der Waals surface area contributed by atoms with E-state index in [4.69, 9.17) is 11.1 Å². The topological polar surface area (TPSA) is 82.1 Å². The average molecular weight is 411 g/mol. The van der Waals surface area contributed by atoms with E-state index in [-0.39, 0.29) is 0 Å². The van der Waals surface area contributed by atoms with Gasteiger partial charge >= 0.3 is 0 Å². The van der Waals surface area contributed by atoms with Crippen molar-refractivity contribution in [1.82, 2.24) is 14.3 Å². The fraction of sp³-hybridized carbons (Fsp3) is 0.500. The summed E-state index contributed by atoms with van der Waals surface area (Å²) in [6, 6.07) is 8.47. The van der Waals surface area contributed by atoms with Crippen LogP contribution in [-0.4, -0.2) is 51.9 Å². The lowest BCUT2D eigenvalue weighted by atomic mass is 9.95. The van der Waals surface area contributed by atoms with E-state index in [0.29, 0.717) is 28.5 Å². The Labute approximate surface area is 177 Å². The lowest BCUT2D eigenvalue weighted by molar-refractivity contribution is 0.336. The van der Waals surface area contributed by atoms with E-state index in [1.165, 1.54) is 18.4 Å². The van der Waals surface area contributed by atoms with Gasteiger partial charge in [0.05, 0.1) is 11.4 Å². The van der Waals surface area contributed by atoms with Crippen molar-refractivity contribution in [2.75, 3.05) is 36.5 Å². The summed E-state index contributed by atoms with van der Waals surface area (Å²) in [6.07, 6.45) is 7.29. The van der Waals surface area contributed by atoms with Gasteiger partial charge in [-0.15, -0.1) is 0 Å². The van der Waals surface area contributed by atoms with E-state index in [0.717, 1.165) is 37.4 Å². The molecule has 0 radical (unpaired) electrons. The van der Waals surface area contributed by atoms with Gasteiger partial charge in [-0.2, -0.15) is 0 Å². The Morgan fingerprint density at radius 2 is 2.07 bits per heavy atom. The molecule has 2 aliphatic rings. The molecular weight excluding hydrogens is 380 g/mol. The third-order valence-corrected chi connectivity index (χ3v) is 7.17. The van der Waals surface area contributed by atoms with Crippen LogP contribution in [-0.2, 0) is 6.42 Å². The van der Waals surface area contributed by atoms with Crippen LogP contribution in [0.5, 0.6) is 0 Å². The van der Waals surface area contributed by atoms with Crippen molar-refractivity contribution in [1.29, 1.82) is 5.41 Å². The molecule has 1 aromatic carbocycles. The van der Waals surface area contributed by atoms with Crippen LogP contribution < -0.4 is 10.6 Å². The van der Waals surface area contributed by atoms with Gasteiger partial charge in [0, 0.05) is 43.0 Å². The zero-order valence-electron chi connectivity index (χ0n) is 17.5. The van der Waals surface area contributed by atoms with Gasteiger partial charge in [0.15, 0.2) is 0 Å². The van der Waals surface area contributed by atoms with Crippen molar-refractivity contribution in [3.8, 4) is 0 Å². The number of nitrogens with zero attached hydrogens (tertiary/aromatic N) is 4. The fourth-order valence-corrected chi connectivity index (χ4v) is 4.72. The maximum absolute atomic E-state index is 8.77. The Balaban J connectivity index is 1.55. The molecule has 7 heteroatoms.